The second kappa shape index (κ2) is 5.02. The average molecular weight is 295 g/mol. The summed E-state index contributed by atoms with van der Waals surface area (Å²) < 4.78 is 2.14. The van der Waals surface area contributed by atoms with Crippen molar-refractivity contribution in [2.75, 3.05) is 5.32 Å². The summed E-state index contributed by atoms with van der Waals surface area (Å²) >= 11 is 0. The summed E-state index contributed by atoms with van der Waals surface area (Å²) in [4.78, 5) is 16.0. The van der Waals surface area contributed by atoms with E-state index in [1.165, 1.54) is 0 Å². The first kappa shape index (κ1) is 13.1. The maximum Gasteiger partial charge on any atom is 0.352 e. The van der Waals surface area contributed by atoms with Gasteiger partial charge >= 0.3 is 5.97 Å². The van der Waals surface area contributed by atoms with Gasteiger partial charge in [-0.3, -0.25) is 0 Å². The molecule has 1 aromatic carbocycles. The zero-order valence-electron chi connectivity index (χ0n) is 12.1. The first-order valence-corrected chi connectivity index (χ1v) is 7.58. The van der Waals surface area contributed by atoms with Gasteiger partial charge in [-0.2, -0.15) is 0 Å². The van der Waals surface area contributed by atoms with Gasteiger partial charge in [0.25, 0.3) is 0 Å². The Kier molecular flexibility index (Phi) is 2.99. The molecule has 0 unspecified atom stereocenters. The van der Waals surface area contributed by atoms with Crippen LogP contribution in [0.1, 0.15) is 25.3 Å². The van der Waals surface area contributed by atoms with Gasteiger partial charge in [-0.15, -0.1) is 0 Å². The molecule has 1 aliphatic heterocycles. The molecule has 0 saturated carbocycles. The smallest absolute Gasteiger partial charge is 0.352 e. The van der Waals surface area contributed by atoms with Gasteiger partial charge in [-0.1, -0.05) is 24.3 Å². The standard InChI is InChI=1S/C17H17N3O2/c21-16(22)13-10-15(11-6-2-1-3-7-11)20-14-9-5-4-8-12(14)18-17(20)19-13/h1-2,4-5,8-11,15H,3,6-7H2,(H,18,19)(H,21,22)/t11-,15-/m1/s1. The Morgan fingerprint density at radius 1 is 1.32 bits per heavy atom. The SMILES string of the molecule is O=C(O)C1=C[C@H]([C@@H]2CC=CCC2)n2c(nc3ccccc32)N1. The minimum atomic E-state index is -0.936. The van der Waals surface area contributed by atoms with E-state index in [0.717, 1.165) is 30.3 Å². The molecular weight excluding hydrogens is 278 g/mol. The topological polar surface area (TPSA) is 67.1 Å². The third kappa shape index (κ3) is 2.01. The van der Waals surface area contributed by atoms with Gasteiger partial charge in [0.05, 0.1) is 17.1 Å². The number of para-hydroxylation sites is 2. The van der Waals surface area contributed by atoms with E-state index in [0.29, 0.717) is 11.9 Å². The summed E-state index contributed by atoms with van der Waals surface area (Å²) in [6.45, 7) is 0. The van der Waals surface area contributed by atoms with E-state index in [4.69, 9.17) is 0 Å². The number of nitrogens with zero attached hydrogens (tertiary/aromatic N) is 2. The average Bonchev–Trinajstić information content (AvgIpc) is 2.93. The van der Waals surface area contributed by atoms with Gasteiger partial charge in [0.15, 0.2) is 0 Å². The molecule has 5 nitrogen and oxygen atoms in total. The fraction of sp³-hybridized carbons (Fsp3) is 0.294. The van der Waals surface area contributed by atoms with E-state index in [1.54, 1.807) is 0 Å². The highest BCUT2D eigenvalue weighted by molar-refractivity contribution is 5.91. The highest BCUT2D eigenvalue weighted by Crippen LogP contribution is 2.38. The minimum Gasteiger partial charge on any atom is -0.477 e. The van der Waals surface area contributed by atoms with Gasteiger partial charge in [0, 0.05) is 0 Å². The molecule has 112 valence electrons. The predicted octanol–water partition coefficient (Wildman–Crippen LogP) is 3.33. The molecule has 0 spiro atoms. The van der Waals surface area contributed by atoms with Crippen molar-refractivity contribution in [3.05, 3.63) is 48.2 Å². The molecule has 0 fully saturated rings. The van der Waals surface area contributed by atoms with Gasteiger partial charge in [-0.05, 0) is 43.4 Å². The number of benzene rings is 1. The van der Waals surface area contributed by atoms with Crippen molar-refractivity contribution < 1.29 is 9.90 Å². The van der Waals surface area contributed by atoms with Gasteiger partial charge in [-0.25, -0.2) is 9.78 Å². The Morgan fingerprint density at radius 2 is 2.18 bits per heavy atom. The van der Waals surface area contributed by atoms with Gasteiger partial charge < -0.3 is 15.0 Å². The number of fused-ring (bicyclic) bond motifs is 3. The first-order chi connectivity index (χ1) is 10.7. The maximum absolute atomic E-state index is 11.4. The largest absolute Gasteiger partial charge is 0.477 e. The van der Waals surface area contributed by atoms with E-state index in [-0.39, 0.29) is 11.7 Å². The van der Waals surface area contributed by atoms with Crippen LogP contribution in [0, 0.1) is 5.92 Å². The molecule has 2 heterocycles. The lowest BCUT2D eigenvalue weighted by Gasteiger charge is -2.31. The molecule has 0 radical (unpaired) electrons. The molecule has 0 bridgehead atoms. The number of rotatable bonds is 2. The Bertz CT molecular complexity index is 803. The minimum absolute atomic E-state index is 0.0275. The van der Waals surface area contributed by atoms with Crippen molar-refractivity contribution >= 4 is 23.0 Å². The van der Waals surface area contributed by atoms with E-state index < -0.39 is 5.97 Å². The van der Waals surface area contributed by atoms with Crippen LogP contribution in [0.4, 0.5) is 5.95 Å². The molecule has 2 N–H and O–H groups in total. The Hall–Kier alpha value is -2.56. The van der Waals surface area contributed by atoms with E-state index in [9.17, 15) is 9.90 Å². The van der Waals surface area contributed by atoms with Crippen LogP contribution < -0.4 is 5.32 Å². The summed E-state index contributed by atoms with van der Waals surface area (Å²) in [5.41, 5.74) is 2.16. The molecule has 2 atom stereocenters. The quantitative estimate of drug-likeness (QED) is 0.834. The second-order valence-electron chi connectivity index (χ2n) is 5.84. The molecular formula is C17H17N3O2. The Labute approximate surface area is 128 Å². The predicted molar refractivity (Wildman–Crippen MR) is 84.6 cm³/mol. The number of hydrogen-bond acceptors (Lipinski definition) is 3. The molecule has 22 heavy (non-hydrogen) atoms. The zero-order valence-corrected chi connectivity index (χ0v) is 12.1. The van der Waals surface area contributed by atoms with Crippen LogP contribution in [0.5, 0.6) is 0 Å². The lowest BCUT2D eigenvalue weighted by molar-refractivity contribution is -0.132. The van der Waals surface area contributed by atoms with Crippen molar-refractivity contribution in [1.82, 2.24) is 9.55 Å². The zero-order chi connectivity index (χ0) is 15.1. The molecule has 2 aromatic rings. The normalized spacial score (nSPS) is 23.7. The maximum atomic E-state index is 11.4. The van der Waals surface area contributed by atoms with Crippen LogP contribution >= 0.6 is 0 Å². The van der Waals surface area contributed by atoms with Crippen LogP contribution in [0.15, 0.2) is 48.2 Å². The monoisotopic (exact) mass is 295 g/mol. The first-order valence-electron chi connectivity index (χ1n) is 7.58. The summed E-state index contributed by atoms with van der Waals surface area (Å²) in [6.07, 6.45) is 9.33. The van der Waals surface area contributed by atoms with E-state index in [2.05, 4.69) is 27.0 Å². The number of hydrogen-bond donors (Lipinski definition) is 2. The highest BCUT2D eigenvalue weighted by atomic mass is 16.4. The second-order valence-corrected chi connectivity index (χ2v) is 5.84. The fourth-order valence-electron chi connectivity index (χ4n) is 3.44. The molecule has 4 rings (SSSR count). The summed E-state index contributed by atoms with van der Waals surface area (Å²) in [7, 11) is 0. The molecule has 1 aliphatic carbocycles. The van der Waals surface area contributed by atoms with E-state index >= 15 is 0 Å². The van der Waals surface area contributed by atoms with Crippen LogP contribution in [0.25, 0.3) is 11.0 Å². The van der Waals surface area contributed by atoms with Crippen molar-refractivity contribution in [1.29, 1.82) is 0 Å². The third-order valence-corrected chi connectivity index (χ3v) is 4.50. The Morgan fingerprint density at radius 3 is 2.95 bits per heavy atom. The van der Waals surface area contributed by atoms with Crippen LogP contribution in [-0.4, -0.2) is 20.6 Å². The van der Waals surface area contributed by atoms with Crippen LogP contribution in [-0.2, 0) is 4.79 Å². The number of carboxylic acid groups (broad SMARTS) is 1. The van der Waals surface area contributed by atoms with E-state index in [1.807, 2.05) is 30.3 Å². The molecule has 2 aliphatic rings. The number of carboxylic acids is 1. The molecule has 0 amide bonds. The number of imidazole rings is 1. The number of aliphatic carboxylic acids is 1. The third-order valence-electron chi connectivity index (χ3n) is 4.50. The fourth-order valence-corrected chi connectivity index (χ4v) is 3.44. The number of carbonyl (C=O) groups is 1. The number of allylic oxidation sites excluding steroid dienone is 3. The van der Waals surface area contributed by atoms with Crippen LogP contribution in [0.3, 0.4) is 0 Å². The van der Waals surface area contributed by atoms with Gasteiger partial charge in [0.1, 0.15) is 5.70 Å². The lowest BCUT2D eigenvalue weighted by Crippen LogP contribution is -2.27. The van der Waals surface area contributed by atoms with Gasteiger partial charge in [0.2, 0.25) is 5.95 Å². The molecule has 5 heteroatoms. The van der Waals surface area contributed by atoms with Crippen molar-refractivity contribution in [2.45, 2.75) is 25.3 Å². The Balaban J connectivity index is 1.87. The summed E-state index contributed by atoms with van der Waals surface area (Å²) in [6, 6.07) is 7.97. The molecule has 0 saturated heterocycles. The lowest BCUT2D eigenvalue weighted by atomic mass is 9.86. The number of nitrogens with one attached hydrogen (secondary N) is 1. The van der Waals surface area contributed by atoms with Crippen molar-refractivity contribution in [3.63, 3.8) is 0 Å². The van der Waals surface area contributed by atoms with Crippen molar-refractivity contribution in [2.24, 2.45) is 5.92 Å². The van der Waals surface area contributed by atoms with Crippen LogP contribution in [0.2, 0.25) is 0 Å². The number of aromatic nitrogens is 2. The number of anilines is 1. The summed E-state index contributed by atoms with van der Waals surface area (Å²) in [5.74, 6) is 0.0908. The summed E-state index contributed by atoms with van der Waals surface area (Å²) in [5, 5.41) is 12.3. The highest BCUT2D eigenvalue weighted by Gasteiger charge is 2.31. The molecule has 1 aromatic heterocycles. The van der Waals surface area contributed by atoms with Crippen molar-refractivity contribution in [3.8, 4) is 0 Å².